The summed E-state index contributed by atoms with van der Waals surface area (Å²) >= 11 is 1.52. The highest BCUT2D eigenvalue weighted by atomic mass is 32.7. The second-order valence-electron chi connectivity index (χ2n) is 4.02. The van der Waals surface area contributed by atoms with Crippen molar-refractivity contribution in [2.75, 3.05) is 12.9 Å². The molecule has 0 aliphatic rings. The third kappa shape index (κ3) is 6.52. The predicted molar refractivity (Wildman–Crippen MR) is 70.8 cm³/mol. The zero-order valence-corrected chi connectivity index (χ0v) is 12.0. The Hall–Kier alpha value is 0.370. The smallest absolute Gasteiger partial charge is 0.269 e. The Kier molecular flexibility index (Phi) is 7.80. The first-order valence-corrected chi connectivity index (χ1v) is 8.77. The molecule has 0 fully saturated rings. The zero-order valence-electron chi connectivity index (χ0n) is 10.3. The summed E-state index contributed by atoms with van der Waals surface area (Å²) in [5, 5.41) is 7.44. The summed E-state index contributed by atoms with van der Waals surface area (Å²) in [6, 6.07) is 0. The van der Waals surface area contributed by atoms with Gasteiger partial charge in [0.05, 0.1) is 18.0 Å². The van der Waals surface area contributed by atoms with Crippen molar-refractivity contribution >= 4 is 24.3 Å². The fourth-order valence-electron chi connectivity index (χ4n) is 0.956. The first-order chi connectivity index (χ1) is 6.95. The van der Waals surface area contributed by atoms with Gasteiger partial charge in [0.15, 0.2) is 0 Å². The average Bonchev–Trinajstić information content (AvgIpc) is 2.15. The summed E-state index contributed by atoms with van der Waals surface area (Å²) in [7, 11) is 0. The molecule has 1 N–H and O–H groups in total. The second kappa shape index (κ2) is 7.61. The lowest BCUT2D eigenvalue weighted by atomic mass is 10.2. The largest absolute Gasteiger partial charge is 0.378 e. The fourth-order valence-corrected chi connectivity index (χ4v) is 4.03. The molecule has 0 aromatic rings. The molecule has 0 saturated heterocycles. The van der Waals surface area contributed by atoms with Crippen molar-refractivity contribution in [3.05, 3.63) is 0 Å². The van der Waals surface area contributed by atoms with Crippen LogP contribution >= 0.6 is 18.3 Å². The summed E-state index contributed by atoms with van der Waals surface area (Å²) in [6.45, 7) is 6.83. The van der Waals surface area contributed by atoms with Crippen LogP contribution in [-0.4, -0.2) is 24.9 Å². The van der Waals surface area contributed by atoms with E-state index in [2.05, 4.69) is 13.8 Å². The SMILES string of the molecule is CS[P+](C=N)(OCCC(C)C)OC(C)C. The standard InChI is InChI=1S/C10H23NO2PS/c1-9(2)6-7-12-14(8-11,15-5)13-10(3)4/h8-11H,6-7H2,1-5H3/q+1. The predicted octanol–water partition coefficient (Wildman–Crippen LogP) is 4.21. The van der Waals surface area contributed by atoms with Crippen molar-refractivity contribution in [3.63, 3.8) is 0 Å². The minimum atomic E-state index is -2.11. The molecule has 0 amide bonds. The average molecular weight is 252 g/mol. The van der Waals surface area contributed by atoms with Crippen LogP contribution in [0.4, 0.5) is 0 Å². The molecule has 3 nitrogen and oxygen atoms in total. The lowest BCUT2D eigenvalue weighted by Crippen LogP contribution is -2.09. The Balaban J connectivity index is 4.17. The van der Waals surface area contributed by atoms with Crippen molar-refractivity contribution in [1.82, 2.24) is 0 Å². The van der Waals surface area contributed by atoms with Gasteiger partial charge >= 0.3 is 6.92 Å². The summed E-state index contributed by atoms with van der Waals surface area (Å²) < 4.78 is 11.5. The summed E-state index contributed by atoms with van der Waals surface area (Å²) in [5.41, 5.74) is 0. The van der Waals surface area contributed by atoms with Gasteiger partial charge in [-0.05, 0) is 26.2 Å². The minimum Gasteiger partial charge on any atom is -0.269 e. The molecule has 0 aromatic carbocycles. The van der Waals surface area contributed by atoms with Gasteiger partial charge in [0.1, 0.15) is 6.10 Å². The Bertz CT molecular complexity index is 190. The lowest BCUT2D eigenvalue weighted by Gasteiger charge is -2.18. The molecule has 15 heavy (non-hydrogen) atoms. The van der Waals surface area contributed by atoms with Gasteiger partial charge in [-0.3, -0.25) is 5.41 Å². The zero-order chi connectivity index (χ0) is 11.9. The normalized spacial score (nSPS) is 15.7. The maximum atomic E-state index is 7.44. The van der Waals surface area contributed by atoms with E-state index in [1.165, 1.54) is 17.3 Å². The van der Waals surface area contributed by atoms with Crippen molar-refractivity contribution in [2.45, 2.75) is 40.2 Å². The van der Waals surface area contributed by atoms with Crippen LogP contribution in [0.25, 0.3) is 0 Å². The van der Waals surface area contributed by atoms with Crippen LogP contribution in [0.1, 0.15) is 34.1 Å². The van der Waals surface area contributed by atoms with Gasteiger partial charge in [-0.2, -0.15) is 9.05 Å². The Morgan fingerprint density at radius 3 is 2.27 bits per heavy atom. The highest BCUT2D eigenvalue weighted by Gasteiger charge is 2.42. The molecule has 0 bridgehead atoms. The van der Waals surface area contributed by atoms with Gasteiger partial charge in [-0.25, -0.2) is 0 Å². The van der Waals surface area contributed by atoms with E-state index in [9.17, 15) is 0 Å². The van der Waals surface area contributed by atoms with Crippen LogP contribution in [-0.2, 0) is 9.05 Å². The molecule has 0 spiro atoms. The quantitative estimate of drug-likeness (QED) is 0.520. The third-order valence-electron chi connectivity index (χ3n) is 1.74. The van der Waals surface area contributed by atoms with Gasteiger partial charge in [0, 0.05) is 6.26 Å². The maximum Gasteiger partial charge on any atom is 0.378 e. The van der Waals surface area contributed by atoms with E-state index in [1.54, 1.807) is 0 Å². The van der Waals surface area contributed by atoms with Gasteiger partial charge in [0.2, 0.25) is 5.96 Å². The van der Waals surface area contributed by atoms with Crippen molar-refractivity contribution in [1.29, 1.82) is 5.41 Å². The second-order valence-corrected chi connectivity index (χ2v) is 8.82. The molecule has 90 valence electrons. The van der Waals surface area contributed by atoms with E-state index in [0.717, 1.165) is 6.42 Å². The Morgan fingerprint density at radius 2 is 1.93 bits per heavy atom. The molecule has 0 aliphatic carbocycles. The van der Waals surface area contributed by atoms with Crippen LogP contribution in [0.3, 0.4) is 0 Å². The Labute approximate surface area is 98.1 Å². The lowest BCUT2D eigenvalue weighted by molar-refractivity contribution is 0.204. The van der Waals surface area contributed by atoms with Gasteiger partial charge in [0.25, 0.3) is 0 Å². The molecule has 0 aliphatic heterocycles. The van der Waals surface area contributed by atoms with E-state index < -0.39 is 6.92 Å². The number of hydrogen-bond donors (Lipinski definition) is 1. The number of rotatable bonds is 8. The molecule has 1 unspecified atom stereocenters. The first kappa shape index (κ1) is 15.4. The van der Waals surface area contributed by atoms with Crippen molar-refractivity contribution < 1.29 is 9.05 Å². The van der Waals surface area contributed by atoms with Crippen LogP contribution in [0.2, 0.25) is 0 Å². The molecule has 0 rings (SSSR count). The first-order valence-electron chi connectivity index (χ1n) is 5.24. The highest BCUT2D eigenvalue weighted by molar-refractivity contribution is 8.63. The molecular formula is C10H23NO2PS+. The molecule has 1 atom stereocenters. The molecule has 0 radical (unpaired) electrons. The van der Waals surface area contributed by atoms with Crippen LogP contribution < -0.4 is 0 Å². The van der Waals surface area contributed by atoms with E-state index in [4.69, 9.17) is 14.5 Å². The molecular weight excluding hydrogens is 229 g/mol. The molecule has 0 heterocycles. The van der Waals surface area contributed by atoms with E-state index in [0.29, 0.717) is 12.5 Å². The summed E-state index contributed by atoms with van der Waals surface area (Å²) in [5.74, 6) is 1.97. The highest BCUT2D eigenvalue weighted by Crippen LogP contribution is 2.69. The van der Waals surface area contributed by atoms with Gasteiger partial charge in [-0.15, -0.1) is 0 Å². The van der Waals surface area contributed by atoms with Crippen LogP contribution in [0.5, 0.6) is 0 Å². The van der Waals surface area contributed by atoms with Crippen LogP contribution in [0.15, 0.2) is 0 Å². The van der Waals surface area contributed by atoms with Crippen LogP contribution in [0, 0.1) is 11.3 Å². The summed E-state index contributed by atoms with van der Waals surface area (Å²) in [4.78, 5) is 0. The van der Waals surface area contributed by atoms with E-state index >= 15 is 0 Å². The van der Waals surface area contributed by atoms with E-state index in [-0.39, 0.29) is 6.10 Å². The van der Waals surface area contributed by atoms with Crippen molar-refractivity contribution in [2.24, 2.45) is 5.92 Å². The fraction of sp³-hybridized carbons (Fsp3) is 0.900. The topological polar surface area (TPSA) is 42.3 Å². The Morgan fingerprint density at radius 1 is 1.33 bits per heavy atom. The maximum absolute atomic E-state index is 7.44. The van der Waals surface area contributed by atoms with E-state index in [1.807, 2.05) is 20.1 Å². The molecule has 5 heteroatoms. The van der Waals surface area contributed by atoms with Crippen molar-refractivity contribution in [3.8, 4) is 0 Å². The van der Waals surface area contributed by atoms with Gasteiger partial charge < -0.3 is 0 Å². The monoisotopic (exact) mass is 252 g/mol. The van der Waals surface area contributed by atoms with Gasteiger partial charge in [-0.1, -0.05) is 13.8 Å². The minimum absolute atomic E-state index is 0.103. The number of hydrogen-bond acceptors (Lipinski definition) is 4. The molecule has 0 aromatic heterocycles. The third-order valence-corrected chi connectivity index (χ3v) is 6.24. The summed E-state index contributed by atoms with van der Waals surface area (Å²) in [6.07, 6.45) is 3.06. The number of nitrogens with one attached hydrogen (secondary N) is 1. The molecule has 0 saturated carbocycles.